The Kier molecular flexibility index (Phi) is 4.90. The van der Waals surface area contributed by atoms with Crippen LogP contribution in [0.25, 0.3) is 0 Å². The number of nitrogens with zero attached hydrogens (tertiary/aromatic N) is 1. The van der Waals surface area contributed by atoms with Crippen molar-refractivity contribution in [2.75, 3.05) is 11.9 Å². The monoisotopic (exact) mass is 291 g/mol. The van der Waals surface area contributed by atoms with E-state index in [9.17, 15) is 14.9 Å². The van der Waals surface area contributed by atoms with E-state index in [0.29, 0.717) is 23.7 Å². The predicted molar refractivity (Wildman–Crippen MR) is 81.0 cm³/mol. The van der Waals surface area contributed by atoms with Gasteiger partial charge >= 0.3 is 0 Å². The molecule has 0 spiro atoms. The van der Waals surface area contributed by atoms with Crippen LogP contribution < -0.4 is 11.1 Å². The smallest absolute Gasteiger partial charge is 0.272 e. The Morgan fingerprint density at radius 2 is 2.05 bits per heavy atom. The van der Waals surface area contributed by atoms with Crippen molar-refractivity contribution in [1.29, 1.82) is 0 Å². The zero-order valence-corrected chi connectivity index (χ0v) is 12.2. The van der Waals surface area contributed by atoms with Crippen LogP contribution in [0.15, 0.2) is 18.2 Å². The lowest BCUT2D eigenvalue weighted by molar-refractivity contribution is -0.385. The lowest BCUT2D eigenvalue weighted by Gasteiger charge is -2.26. The normalized spacial score (nSPS) is 21.8. The molecule has 3 N–H and O–H groups in total. The minimum atomic E-state index is -0.422. The van der Waals surface area contributed by atoms with Crippen molar-refractivity contribution in [3.05, 3.63) is 33.9 Å². The highest BCUT2D eigenvalue weighted by atomic mass is 16.6. The molecule has 0 aliphatic heterocycles. The van der Waals surface area contributed by atoms with Gasteiger partial charge in [0, 0.05) is 23.2 Å². The molecule has 0 unspecified atom stereocenters. The molecular formula is C15H21N3O3. The van der Waals surface area contributed by atoms with Crippen molar-refractivity contribution in [1.82, 2.24) is 0 Å². The second-order valence-corrected chi connectivity index (χ2v) is 5.70. The summed E-state index contributed by atoms with van der Waals surface area (Å²) in [5.74, 6) is 0.553. The minimum Gasteiger partial charge on any atom is -0.330 e. The highest BCUT2D eigenvalue weighted by Crippen LogP contribution is 2.29. The molecule has 0 heterocycles. The first-order valence-electron chi connectivity index (χ1n) is 7.27. The second-order valence-electron chi connectivity index (χ2n) is 5.70. The van der Waals surface area contributed by atoms with E-state index < -0.39 is 4.92 Å². The Morgan fingerprint density at radius 3 is 2.57 bits per heavy atom. The van der Waals surface area contributed by atoms with E-state index in [0.717, 1.165) is 25.7 Å². The fraction of sp³-hybridized carbons (Fsp3) is 0.533. The van der Waals surface area contributed by atoms with Crippen molar-refractivity contribution in [2.24, 2.45) is 17.6 Å². The lowest BCUT2D eigenvalue weighted by atomic mass is 9.81. The van der Waals surface area contributed by atoms with E-state index >= 15 is 0 Å². The van der Waals surface area contributed by atoms with Gasteiger partial charge in [-0.25, -0.2) is 0 Å². The summed E-state index contributed by atoms with van der Waals surface area (Å²) in [6.45, 7) is 2.36. The predicted octanol–water partition coefficient (Wildman–Crippen LogP) is 2.61. The molecule has 0 saturated heterocycles. The standard InChI is InChI=1S/C15H21N3O3/c1-10-8-13(6-7-14(10)18(20)21)17-15(19)12-4-2-11(9-16)3-5-12/h6-8,11-12H,2-5,9,16H2,1H3,(H,17,19). The van der Waals surface area contributed by atoms with Crippen LogP contribution >= 0.6 is 0 Å². The molecule has 1 aromatic carbocycles. The highest BCUT2D eigenvalue weighted by molar-refractivity contribution is 5.92. The first-order chi connectivity index (χ1) is 10.0. The molecule has 1 aromatic rings. The van der Waals surface area contributed by atoms with Gasteiger partial charge in [0.25, 0.3) is 5.69 Å². The number of nitrogens with one attached hydrogen (secondary N) is 1. The van der Waals surface area contributed by atoms with E-state index in [2.05, 4.69) is 5.32 Å². The minimum absolute atomic E-state index is 0.00118. The van der Waals surface area contributed by atoms with Crippen LogP contribution in [0.5, 0.6) is 0 Å². The molecule has 6 nitrogen and oxygen atoms in total. The molecule has 0 radical (unpaired) electrons. The highest BCUT2D eigenvalue weighted by Gasteiger charge is 2.25. The van der Waals surface area contributed by atoms with Crippen LogP contribution in [0.4, 0.5) is 11.4 Å². The van der Waals surface area contributed by atoms with Gasteiger partial charge in [-0.15, -0.1) is 0 Å². The van der Waals surface area contributed by atoms with Crippen molar-refractivity contribution in [2.45, 2.75) is 32.6 Å². The fourth-order valence-electron chi connectivity index (χ4n) is 2.84. The summed E-state index contributed by atoms with van der Waals surface area (Å²) in [5, 5.41) is 13.6. The summed E-state index contributed by atoms with van der Waals surface area (Å²) < 4.78 is 0. The molecule has 0 atom stereocenters. The van der Waals surface area contributed by atoms with Crippen molar-refractivity contribution in [3.8, 4) is 0 Å². The molecule has 2 rings (SSSR count). The Hall–Kier alpha value is -1.95. The molecule has 0 aromatic heterocycles. The summed E-state index contributed by atoms with van der Waals surface area (Å²) in [7, 11) is 0. The number of nitro benzene ring substituents is 1. The lowest BCUT2D eigenvalue weighted by Crippen LogP contribution is -2.29. The number of aryl methyl sites for hydroxylation is 1. The maximum atomic E-state index is 12.2. The number of rotatable bonds is 4. The van der Waals surface area contributed by atoms with Crippen molar-refractivity contribution >= 4 is 17.3 Å². The maximum absolute atomic E-state index is 12.2. The van der Waals surface area contributed by atoms with Gasteiger partial charge in [-0.05, 0) is 57.2 Å². The quantitative estimate of drug-likeness (QED) is 0.658. The largest absolute Gasteiger partial charge is 0.330 e. The zero-order chi connectivity index (χ0) is 15.4. The molecule has 1 amide bonds. The first-order valence-corrected chi connectivity index (χ1v) is 7.27. The van der Waals surface area contributed by atoms with Gasteiger partial charge in [-0.3, -0.25) is 14.9 Å². The number of carbonyl (C=O) groups excluding carboxylic acids is 1. The summed E-state index contributed by atoms with van der Waals surface area (Å²) in [4.78, 5) is 22.6. The van der Waals surface area contributed by atoms with E-state index in [4.69, 9.17) is 5.73 Å². The Labute approximate surface area is 123 Å². The number of anilines is 1. The average Bonchev–Trinajstić information content (AvgIpc) is 2.47. The fourth-order valence-corrected chi connectivity index (χ4v) is 2.84. The third-order valence-corrected chi connectivity index (χ3v) is 4.21. The molecule has 1 saturated carbocycles. The van der Waals surface area contributed by atoms with Crippen LogP contribution in [-0.4, -0.2) is 17.4 Å². The molecule has 0 bridgehead atoms. The molecule has 114 valence electrons. The molecule has 6 heteroatoms. The number of amides is 1. The summed E-state index contributed by atoms with van der Waals surface area (Å²) in [6, 6.07) is 4.65. The number of carbonyl (C=O) groups is 1. The second kappa shape index (κ2) is 6.67. The summed E-state index contributed by atoms with van der Waals surface area (Å²) >= 11 is 0. The molecule has 1 aliphatic carbocycles. The van der Waals surface area contributed by atoms with E-state index in [1.807, 2.05) is 0 Å². The van der Waals surface area contributed by atoms with E-state index in [-0.39, 0.29) is 17.5 Å². The maximum Gasteiger partial charge on any atom is 0.272 e. The molecule has 1 fully saturated rings. The van der Waals surface area contributed by atoms with Crippen LogP contribution in [0.1, 0.15) is 31.2 Å². The third-order valence-electron chi connectivity index (χ3n) is 4.21. The van der Waals surface area contributed by atoms with Crippen molar-refractivity contribution in [3.63, 3.8) is 0 Å². The van der Waals surface area contributed by atoms with Gasteiger partial charge in [0.1, 0.15) is 0 Å². The zero-order valence-electron chi connectivity index (χ0n) is 12.2. The number of hydrogen-bond donors (Lipinski definition) is 2. The van der Waals surface area contributed by atoms with Gasteiger partial charge in [0.15, 0.2) is 0 Å². The van der Waals surface area contributed by atoms with Crippen LogP contribution in [0, 0.1) is 28.9 Å². The van der Waals surface area contributed by atoms with Gasteiger partial charge in [0.2, 0.25) is 5.91 Å². The molecule has 21 heavy (non-hydrogen) atoms. The van der Waals surface area contributed by atoms with Crippen molar-refractivity contribution < 1.29 is 9.72 Å². The van der Waals surface area contributed by atoms with Crippen LogP contribution in [0.3, 0.4) is 0 Å². The third kappa shape index (κ3) is 3.78. The Bertz CT molecular complexity index is 537. The SMILES string of the molecule is Cc1cc(NC(=O)C2CCC(CN)CC2)ccc1[N+](=O)[O-]. The molecular weight excluding hydrogens is 270 g/mol. The summed E-state index contributed by atoms with van der Waals surface area (Å²) in [6.07, 6.45) is 3.71. The van der Waals surface area contributed by atoms with Crippen LogP contribution in [-0.2, 0) is 4.79 Å². The van der Waals surface area contributed by atoms with Gasteiger partial charge in [0.05, 0.1) is 4.92 Å². The van der Waals surface area contributed by atoms with E-state index in [1.165, 1.54) is 6.07 Å². The van der Waals surface area contributed by atoms with Crippen LogP contribution in [0.2, 0.25) is 0 Å². The number of nitrogens with two attached hydrogens (primary N) is 1. The van der Waals surface area contributed by atoms with Gasteiger partial charge in [-0.1, -0.05) is 0 Å². The Balaban J connectivity index is 1.97. The number of benzene rings is 1. The first kappa shape index (κ1) is 15.4. The number of hydrogen-bond acceptors (Lipinski definition) is 4. The Morgan fingerprint density at radius 1 is 1.38 bits per heavy atom. The van der Waals surface area contributed by atoms with Gasteiger partial charge in [-0.2, -0.15) is 0 Å². The average molecular weight is 291 g/mol. The summed E-state index contributed by atoms with van der Waals surface area (Å²) in [5.41, 5.74) is 6.87. The molecule has 1 aliphatic rings. The number of nitro groups is 1. The topological polar surface area (TPSA) is 98.3 Å². The van der Waals surface area contributed by atoms with Gasteiger partial charge < -0.3 is 11.1 Å². The van der Waals surface area contributed by atoms with E-state index in [1.54, 1.807) is 19.1 Å².